The van der Waals surface area contributed by atoms with Crippen molar-refractivity contribution in [3.8, 4) is 17.2 Å². The fraction of sp³-hybridized carbons (Fsp3) is 0.400. The molecule has 1 N–H and O–H groups in total. The maximum Gasteiger partial charge on any atom is 0.387 e. The predicted molar refractivity (Wildman–Crippen MR) is 95.4 cm³/mol. The average molecular weight is 363 g/mol. The van der Waals surface area contributed by atoms with Crippen LogP contribution in [0.1, 0.15) is 36.6 Å². The molecule has 6 heteroatoms. The number of ether oxygens (including phenoxy) is 3. The third-order valence-corrected chi connectivity index (χ3v) is 4.31. The van der Waals surface area contributed by atoms with Gasteiger partial charge in [-0.2, -0.15) is 8.78 Å². The number of nitrogens with one attached hydrogen (secondary N) is 1. The van der Waals surface area contributed by atoms with E-state index in [2.05, 4.69) is 5.32 Å². The summed E-state index contributed by atoms with van der Waals surface area (Å²) >= 11 is 0. The van der Waals surface area contributed by atoms with Gasteiger partial charge in [-0.1, -0.05) is 18.2 Å². The minimum atomic E-state index is -2.86. The minimum Gasteiger partial charge on any atom is -0.490 e. The van der Waals surface area contributed by atoms with Gasteiger partial charge in [0.15, 0.2) is 11.5 Å². The molecule has 1 heterocycles. The highest BCUT2D eigenvalue weighted by Crippen LogP contribution is 2.40. The van der Waals surface area contributed by atoms with E-state index in [9.17, 15) is 8.78 Å². The summed E-state index contributed by atoms with van der Waals surface area (Å²) in [6, 6.07) is 10.6. The topological polar surface area (TPSA) is 39.7 Å². The number of hydrogen-bond donors (Lipinski definition) is 1. The second-order valence-corrected chi connectivity index (χ2v) is 5.92. The molecule has 140 valence electrons. The van der Waals surface area contributed by atoms with E-state index in [0.29, 0.717) is 30.3 Å². The Kier molecular flexibility index (Phi) is 5.93. The van der Waals surface area contributed by atoms with E-state index in [1.165, 1.54) is 0 Å². The van der Waals surface area contributed by atoms with Gasteiger partial charge in [-0.25, -0.2) is 0 Å². The number of rotatable bonds is 7. The first kappa shape index (κ1) is 18.5. The maximum absolute atomic E-state index is 12.8. The number of fused-ring (bicyclic) bond motifs is 1. The molecule has 0 spiro atoms. The first-order chi connectivity index (χ1) is 12.6. The van der Waals surface area contributed by atoms with Crippen LogP contribution in [0, 0.1) is 0 Å². The second-order valence-electron chi connectivity index (χ2n) is 5.92. The van der Waals surface area contributed by atoms with Crippen molar-refractivity contribution in [2.45, 2.75) is 32.9 Å². The summed E-state index contributed by atoms with van der Waals surface area (Å²) in [6.45, 7) is 2.78. The Morgan fingerprint density at radius 3 is 2.38 bits per heavy atom. The zero-order chi connectivity index (χ0) is 18.5. The quantitative estimate of drug-likeness (QED) is 0.795. The molecule has 4 nitrogen and oxygen atoms in total. The molecule has 0 bridgehead atoms. The summed E-state index contributed by atoms with van der Waals surface area (Å²) in [6.07, 6.45) is 0.830. The molecule has 0 fully saturated rings. The van der Waals surface area contributed by atoms with Crippen LogP contribution in [0.4, 0.5) is 8.78 Å². The highest BCUT2D eigenvalue weighted by atomic mass is 19.3. The molecule has 2 aromatic rings. The van der Waals surface area contributed by atoms with Gasteiger partial charge in [0.1, 0.15) is 5.75 Å². The van der Waals surface area contributed by atoms with Gasteiger partial charge >= 0.3 is 6.61 Å². The number of benzene rings is 2. The highest BCUT2D eigenvalue weighted by Gasteiger charge is 2.27. The Hall–Kier alpha value is -2.34. The Bertz CT molecular complexity index is 752. The van der Waals surface area contributed by atoms with Crippen LogP contribution in [0.5, 0.6) is 17.2 Å². The number of hydrogen-bond acceptors (Lipinski definition) is 4. The van der Waals surface area contributed by atoms with Crippen molar-refractivity contribution in [3.63, 3.8) is 0 Å². The molecule has 0 amide bonds. The van der Waals surface area contributed by atoms with Crippen LogP contribution < -0.4 is 19.5 Å². The SMILES string of the molecule is CCOc1cc2c(cc1OCC)[C@H](c1ccccc1OC(F)F)NCC2. The molecular formula is C20H23F2NO3. The predicted octanol–water partition coefficient (Wildman–Crippen LogP) is 4.32. The normalized spacial score (nSPS) is 16.3. The van der Waals surface area contributed by atoms with Gasteiger partial charge in [-0.05, 0) is 49.6 Å². The van der Waals surface area contributed by atoms with Crippen LogP contribution in [0.2, 0.25) is 0 Å². The van der Waals surface area contributed by atoms with E-state index in [-0.39, 0.29) is 11.8 Å². The lowest BCUT2D eigenvalue weighted by molar-refractivity contribution is -0.0506. The molecule has 0 aliphatic carbocycles. The van der Waals surface area contributed by atoms with Gasteiger partial charge in [-0.3, -0.25) is 0 Å². The van der Waals surface area contributed by atoms with Crippen molar-refractivity contribution in [2.75, 3.05) is 19.8 Å². The summed E-state index contributed by atoms with van der Waals surface area (Å²) < 4.78 is 41.7. The molecule has 0 saturated carbocycles. The number of halogens is 2. The standard InChI is InChI=1S/C20H23F2NO3/c1-3-24-17-11-13-9-10-23-19(15(13)12-18(17)25-4-2)14-7-5-6-8-16(14)26-20(21)22/h5-8,11-12,19-20,23H,3-4,9-10H2,1-2H3/t19-/m0/s1. The Labute approximate surface area is 152 Å². The van der Waals surface area contributed by atoms with Crippen molar-refractivity contribution in [3.05, 3.63) is 53.1 Å². The monoisotopic (exact) mass is 363 g/mol. The van der Waals surface area contributed by atoms with Crippen LogP contribution in [0.3, 0.4) is 0 Å². The van der Waals surface area contributed by atoms with Crippen LogP contribution in [-0.2, 0) is 6.42 Å². The van der Waals surface area contributed by atoms with E-state index >= 15 is 0 Å². The van der Waals surface area contributed by atoms with Gasteiger partial charge in [0.05, 0.1) is 19.3 Å². The third kappa shape index (κ3) is 3.90. The molecular weight excluding hydrogens is 340 g/mol. The fourth-order valence-corrected chi connectivity index (χ4v) is 3.30. The Morgan fingerprint density at radius 1 is 1.00 bits per heavy atom. The van der Waals surface area contributed by atoms with Crippen molar-refractivity contribution in [1.82, 2.24) is 5.32 Å². The van der Waals surface area contributed by atoms with Crippen molar-refractivity contribution in [1.29, 1.82) is 0 Å². The fourth-order valence-electron chi connectivity index (χ4n) is 3.30. The highest BCUT2D eigenvalue weighted by molar-refractivity contribution is 5.53. The van der Waals surface area contributed by atoms with Gasteiger partial charge in [0.25, 0.3) is 0 Å². The minimum absolute atomic E-state index is 0.180. The van der Waals surface area contributed by atoms with Gasteiger partial charge in [0.2, 0.25) is 0 Å². The molecule has 26 heavy (non-hydrogen) atoms. The summed E-state index contributed by atoms with van der Waals surface area (Å²) in [5.41, 5.74) is 2.79. The van der Waals surface area contributed by atoms with E-state index < -0.39 is 6.61 Å². The second kappa shape index (κ2) is 8.36. The molecule has 0 aromatic heterocycles. The molecule has 1 aliphatic rings. The van der Waals surface area contributed by atoms with E-state index in [1.807, 2.05) is 32.0 Å². The van der Waals surface area contributed by atoms with E-state index in [1.54, 1.807) is 18.2 Å². The summed E-state index contributed by atoms with van der Waals surface area (Å²) in [4.78, 5) is 0. The lowest BCUT2D eigenvalue weighted by Gasteiger charge is -2.29. The number of alkyl halides is 2. The van der Waals surface area contributed by atoms with Crippen molar-refractivity contribution >= 4 is 0 Å². The first-order valence-electron chi connectivity index (χ1n) is 8.83. The summed E-state index contributed by atoms with van der Waals surface area (Å²) in [5, 5.41) is 3.40. The summed E-state index contributed by atoms with van der Waals surface area (Å²) in [7, 11) is 0. The van der Waals surface area contributed by atoms with Gasteiger partial charge < -0.3 is 19.5 Å². The zero-order valence-corrected chi connectivity index (χ0v) is 14.9. The first-order valence-corrected chi connectivity index (χ1v) is 8.83. The molecule has 1 atom stereocenters. The van der Waals surface area contributed by atoms with Gasteiger partial charge in [0, 0.05) is 12.1 Å². The molecule has 0 saturated heterocycles. The van der Waals surface area contributed by atoms with E-state index in [0.717, 1.165) is 24.1 Å². The average Bonchev–Trinajstić information content (AvgIpc) is 2.62. The molecule has 2 aromatic carbocycles. The smallest absolute Gasteiger partial charge is 0.387 e. The van der Waals surface area contributed by atoms with Crippen LogP contribution in [-0.4, -0.2) is 26.4 Å². The van der Waals surface area contributed by atoms with Crippen molar-refractivity contribution < 1.29 is 23.0 Å². The Balaban J connectivity index is 2.05. The Morgan fingerprint density at radius 2 is 1.69 bits per heavy atom. The molecule has 3 rings (SSSR count). The van der Waals surface area contributed by atoms with Gasteiger partial charge in [-0.15, -0.1) is 0 Å². The molecule has 0 radical (unpaired) electrons. The lowest BCUT2D eigenvalue weighted by Crippen LogP contribution is -2.31. The number of para-hydroxylation sites is 1. The zero-order valence-electron chi connectivity index (χ0n) is 14.9. The largest absolute Gasteiger partial charge is 0.490 e. The molecule has 1 aliphatic heterocycles. The van der Waals surface area contributed by atoms with E-state index in [4.69, 9.17) is 14.2 Å². The lowest BCUT2D eigenvalue weighted by atomic mass is 9.89. The summed E-state index contributed by atoms with van der Waals surface area (Å²) in [5.74, 6) is 1.56. The third-order valence-electron chi connectivity index (χ3n) is 4.31. The van der Waals surface area contributed by atoms with Crippen LogP contribution in [0.15, 0.2) is 36.4 Å². The van der Waals surface area contributed by atoms with Crippen molar-refractivity contribution in [2.24, 2.45) is 0 Å². The van der Waals surface area contributed by atoms with Crippen LogP contribution >= 0.6 is 0 Å². The van der Waals surface area contributed by atoms with Crippen LogP contribution in [0.25, 0.3) is 0 Å². The maximum atomic E-state index is 12.8. The molecule has 0 unspecified atom stereocenters.